The molecule has 1 N–H and O–H groups in total. The molecule has 28 heavy (non-hydrogen) atoms. The van der Waals surface area contributed by atoms with Crippen LogP contribution in [-0.2, 0) is 11.3 Å². The fourth-order valence-electron chi connectivity index (χ4n) is 3.37. The van der Waals surface area contributed by atoms with Crippen LogP contribution in [0.3, 0.4) is 0 Å². The molecule has 152 valence electrons. The number of carbonyl (C=O) groups excluding carboxylic acids is 1. The monoisotopic (exact) mass is 387 g/mol. The molecule has 7 heteroatoms. The lowest BCUT2D eigenvalue weighted by Gasteiger charge is -2.33. The number of hydrogen-bond acceptors (Lipinski definition) is 5. The quantitative estimate of drug-likeness (QED) is 0.791. The summed E-state index contributed by atoms with van der Waals surface area (Å²) in [6.45, 7) is 5.94. The second kappa shape index (κ2) is 9.61. The number of methoxy groups -OCH3 is 1. The van der Waals surface area contributed by atoms with Gasteiger partial charge in [0.25, 0.3) is 0 Å². The normalized spacial score (nSPS) is 15.8. The van der Waals surface area contributed by atoms with Crippen molar-refractivity contribution in [1.82, 2.24) is 15.1 Å². The van der Waals surface area contributed by atoms with Crippen molar-refractivity contribution in [2.75, 3.05) is 47.0 Å². The van der Waals surface area contributed by atoms with E-state index in [0.717, 1.165) is 35.9 Å². The van der Waals surface area contributed by atoms with E-state index in [4.69, 9.17) is 13.9 Å². The Labute approximate surface area is 166 Å². The third kappa shape index (κ3) is 5.27. The molecule has 1 aliphatic rings. The van der Waals surface area contributed by atoms with Gasteiger partial charge < -0.3 is 24.1 Å². The molecule has 1 aromatic heterocycles. The van der Waals surface area contributed by atoms with Crippen molar-refractivity contribution in [2.45, 2.75) is 19.5 Å². The summed E-state index contributed by atoms with van der Waals surface area (Å²) in [6, 6.07) is 11.5. The van der Waals surface area contributed by atoms with Crippen molar-refractivity contribution < 1.29 is 18.7 Å². The Balaban J connectivity index is 1.60. The predicted octanol–water partition coefficient (Wildman–Crippen LogP) is 2.81. The van der Waals surface area contributed by atoms with Crippen molar-refractivity contribution in [3.63, 3.8) is 0 Å². The van der Waals surface area contributed by atoms with Crippen molar-refractivity contribution in [1.29, 1.82) is 0 Å². The number of ether oxygens (including phenoxy) is 2. The SMILES string of the molecule is COc1cccc(CN(C)C(=O)NCC(c2ccc(C)o2)N2CCOCC2)c1. The van der Waals surface area contributed by atoms with E-state index >= 15 is 0 Å². The van der Waals surface area contributed by atoms with Gasteiger partial charge in [0, 0.05) is 33.2 Å². The number of carbonyl (C=O) groups is 1. The lowest BCUT2D eigenvalue weighted by molar-refractivity contribution is 0.0119. The molecule has 7 nitrogen and oxygen atoms in total. The van der Waals surface area contributed by atoms with Gasteiger partial charge in [-0.1, -0.05) is 12.1 Å². The zero-order valence-electron chi connectivity index (χ0n) is 16.8. The molecule has 0 aliphatic carbocycles. The number of rotatable bonds is 7. The van der Waals surface area contributed by atoms with E-state index in [1.54, 1.807) is 19.1 Å². The van der Waals surface area contributed by atoms with Crippen LogP contribution in [0.5, 0.6) is 5.75 Å². The maximum atomic E-state index is 12.6. The molecule has 1 unspecified atom stereocenters. The fourth-order valence-corrected chi connectivity index (χ4v) is 3.37. The molecule has 1 aliphatic heterocycles. The first-order chi connectivity index (χ1) is 13.6. The van der Waals surface area contributed by atoms with Crippen LogP contribution in [0.15, 0.2) is 40.8 Å². The van der Waals surface area contributed by atoms with E-state index in [1.165, 1.54) is 0 Å². The van der Waals surface area contributed by atoms with Crippen molar-refractivity contribution in [2.24, 2.45) is 0 Å². The minimum atomic E-state index is -0.121. The van der Waals surface area contributed by atoms with E-state index in [9.17, 15) is 4.79 Å². The van der Waals surface area contributed by atoms with Crippen LogP contribution in [0.25, 0.3) is 0 Å². The summed E-state index contributed by atoms with van der Waals surface area (Å²) in [5.41, 5.74) is 1.02. The van der Waals surface area contributed by atoms with Gasteiger partial charge in [-0.15, -0.1) is 0 Å². The number of urea groups is 1. The van der Waals surface area contributed by atoms with Gasteiger partial charge in [0.2, 0.25) is 0 Å². The minimum Gasteiger partial charge on any atom is -0.497 e. The predicted molar refractivity (Wildman–Crippen MR) is 106 cm³/mol. The second-order valence-corrected chi connectivity index (χ2v) is 7.01. The molecule has 0 saturated carbocycles. The number of hydrogen-bond donors (Lipinski definition) is 1. The first kappa shape index (κ1) is 20.2. The van der Waals surface area contributed by atoms with Crippen LogP contribution in [0.2, 0.25) is 0 Å². The summed E-state index contributed by atoms with van der Waals surface area (Å²) >= 11 is 0. The number of nitrogens with one attached hydrogen (secondary N) is 1. The number of benzene rings is 1. The van der Waals surface area contributed by atoms with Gasteiger partial charge in [0.05, 0.1) is 26.4 Å². The van der Waals surface area contributed by atoms with Crippen LogP contribution in [-0.4, -0.2) is 62.8 Å². The molecule has 1 saturated heterocycles. The molecule has 1 fully saturated rings. The molecule has 2 heterocycles. The first-order valence-corrected chi connectivity index (χ1v) is 9.57. The standard InChI is InChI=1S/C21H29N3O4/c1-16-7-8-20(28-16)19(24-9-11-27-12-10-24)14-22-21(25)23(2)15-17-5-4-6-18(13-17)26-3/h4-8,13,19H,9-12,14-15H2,1-3H3,(H,22,25). The van der Waals surface area contributed by atoms with E-state index in [2.05, 4.69) is 10.2 Å². The van der Waals surface area contributed by atoms with E-state index in [0.29, 0.717) is 26.3 Å². The smallest absolute Gasteiger partial charge is 0.317 e. The fraction of sp³-hybridized carbons (Fsp3) is 0.476. The minimum absolute atomic E-state index is 0.00762. The van der Waals surface area contributed by atoms with E-state index < -0.39 is 0 Å². The van der Waals surface area contributed by atoms with Crippen LogP contribution >= 0.6 is 0 Å². The largest absolute Gasteiger partial charge is 0.497 e. The maximum absolute atomic E-state index is 12.6. The molecule has 2 aromatic rings. The van der Waals surface area contributed by atoms with Gasteiger partial charge in [-0.2, -0.15) is 0 Å². The number of aryl methyl sites for hydroxylation is 1. The number of morpholine rings is 1. The van der Waals surface area contributed by atoms with E-state index in [-0.39, 0.29) is 12.1 Å². The number of amides is 2. The summed E-state index contributed by atoms with van der Waals surface area (Å²) < 4.78 is 16.6. The molecule has 0 bridgehead atoms. The highest BCUT2D eigenvalue weighted by Gasteiger charge is 2.26. The lowest BCUT2D eigenvalue weighted by Crippen LogP contribution is -2.45. The van der Waals surface area contributed by atoms with Crippen LogP contribution < -0.4 is 10.1 Å². The van der Waals surface area contributed by atoms with Crippen molar-refractivity contribution in [3.8, 4) is 5.75 Å². The molecule has 1 aromatic carbocycles. The third-order valence-electron chi connectivity index (χ3n) is 4.92. The van der Waals surface area contributed by atoms with Gasteiger partial charge >= 0.3 is 6.03 Å². The van der Waals surface area contributed by atoms with Crippen molar-refractivity contribution >= 4 is 6.03 Å². The summed E-state index contributed by atoms with van der Waals surface area (Å²) in [7, 11) is 3.42. The van der Waals surface area contributed by atoms with Gasteiger partial charge in [0.1, 0.15) is 17.3 Å². The molecule has 0 radical (unpaired) electrons. The molecule has 2 amide bonds. The zero-order valence-corrected chi connectivity index (χ0v) is 16.8. The van der Waals surface area contributed by atoms with Crippen molar-refractivity contribution in [3.05, 3.63) is 53.5 Å². The summed E-state index contributed by atoms with van der Waals surface area (Å²) in [5.74, 6) is 2.52. The topological polar surface area (TPSA) is 67.2 Å². The first-order valence-electron chi connectivity index (χ1n) is 9.57. The highest BCUT2D eigenvalue weighted by molar-refractivity contribution is 5.73. The Bertz CT molecular complexity index is 771. The van der Waals surface area contributed by atoms with Gasteiger partial charge in [-0.25, -0.2) is 4.79 Å². The second-order valence-electron chi connectivity index (χ2n) is 7.01. The Morgan fingerprint density at radius 2 is 2.07 bits per heavy atom. The Morgan fingerprint density at radius 1 is 1.29 bits per heavy atom. The van der Waals surface area contributed by atoms with Gasteiger partial charge in [-0.3, -0.25) is 4.90 Å². The molecular weight excluding hydrogens is 358 g/mol. The van der Waals surface area contributed by atoms with Crippen LogP contribution in [0.4, 0.5) is 4.79 Å². The highest BCUT2D eigenvalue weighted by Crippen LogP contribution is 2.23. The highest BCUT2D eigenvalue weighted by atomic mass is 16.5. The average Bonchev–Trinajstić information content (AvgIpc) is 3.15. The lowest BCUT2D eigenvalue weighted by atomic mass is 10.1. The molecule has 0 spiro atoms. The van der Waals surface area contributed by atoms with E-state index in [1.807, 2.05) is 43.3 Å². The Kier molecular flexibility index (Phi) is 6.95. The Morgan fingerprint density at radius 3 is 2.75 bits per heavy atom. The number of nitrogens with zero attached hydrogens (tertiary/aromatic N) is 2. The molecule has 3 rings (SSSR count). The average molecular weight is 387 g/mol. The molecule has 1 atom stereocenters. The summed E-state index contributed by atoms with van der Waals surface area (Å²) in [4.78, 5) is 16.6. The maximum Gasteiger partial charge on any atom is 0.317 e. The van der Waals surface area contributed by atoms with Gasteiger partial charge in [-0.05, 0) is 36.8 Å². The van der Waals surface area contributed by atoms with Crippen LogP contribution in [0.1, 0.15) is 23.1 Å². The van der Waals surface area contributed by atoms with Crippen LogP contribution in [0, 0.1) is 6.92 Å². The Hall–Kier alpha value is -2.51. The third-order valence-corrected chi connectivity index (χ3v) is 4.92. The molecular formula is C21H29N3O4. The summed E-state index contributed by atoms with van der Waals surface area (Å²) in [5, 5.41) is 3.05. The number of furan rings is 1. The van der Waals surface area contributed by atoms with Gasteiger partial charge in [0.15, 0.2) is 0 Å². The zero-order chi connectivity index (χ0) is 19.9. The summed E-state index contributed by atoms with van der Waals surface area (Å²) in [6.07, 6.45) is 0.